The van der Waals surface area contributed by atoms with E-state index in [4.69, 9.17) is 9.47 Å². The standard InChI is InChI=1S/C18H13NO4/c1-10(20)19-13-8-4-3-7-12(13)18(17(19)21)15-11-6-2-5-9-14(11)22-16(15)23-18/h2-9,15-16H,1H3/t15-,16-,18-/m0/s1. The average Bonchev–Trinajstić information content (AvgIpc) is 2.96. The summed E-state index contributed by atoms with van der Waals surface area (Å²) in [5, 5.41) is 0. The maximum absolute atomic E-state index is 13.1. The van der Waals surface area contributed by atoms with Gasteiger partial charge in [-0.15, -0.1) is 0 Å². The third-order valence-electron chi connectivity index (χ3n) is 4.89. The van der Waals surface area contributed by atoms with E-state index in [2.05, 4.69) is 0 Å². The molecule has 0 unspecified atom stereocenters. The number of rotatable bonds is 0. The van der Waals surface area contributed by atoms with Crippen molar-refractivity contribution in [3.63, 3.8) is 0 Å². The lowest BCUT2D eigenvalue weighted by atomic mass is 9.73. The maximum atomic E-state index is 13.1. The predicted octanol–water partition coefficient (Wildman–Crippen LogP) is 2.31. The minimum absolute atomic E-state index is 0.225. The quantitative estimate of drug-likeness (QED) is 0.749. The summed E-state index contributed by atoms with van der Waals surface area (Å²) in [5.41, 5.74) is 1.14. The molecule has 5 nitrogen and oxygen atoms in total. The molecule has 0 N–H and O–H groups in total. The first-order valence-corrected chi connectivity index (χ1v) is 7.52. The Morgan fingerprint density at radius 1 is 1.13 bits per heavy atom. The van der Waals surface area contributed by atoms with Crippen LogP contribution in [0.3, 0.4) is 0 Å². The molecule has 3 atom stereocenters. The SMILES string of the molecule is CC(=O)N1C(=O)[C@]2(O[C@@H]3Oc4ccccc4[C@@H]32)c2ccccc21. The van der Waals surface area contributed by atoms with E-state index >= 15 is 0 Å². The summed E-state index contributed by atoms with van der Waals surface area (Å²) < 4.78 is 11.7. The molecule has 0 radical (unpaired) electrons. The highest BCUT2D eigenvalue weighted by Crippen LogP contribution is 2.63. The van der Waals surface area contributed by atoms with Crippen LogP contribution < -0.4 is 9.64 Å². The Labute approximate surface area is 132 Å². The van der Waals surface area contributed by atoms with Gasteiger partial charge in [-0.25, -0.2) is 4.90 Å². The smallest absolute Gasteiger partial charge is 0.271 e. The minimum atomic E-state index is -1.15. The molecule has 1 spiro atoms. The molecule has 2 aromatic carbocycles. The van der Waals surface area contributed by atoms with Crippen LogP contribution in [0, 0.1) is 0 Å². The van der Waals surface area contributed by atoms with Crippen molar-refractivity contribution in [2.24, 2.45) is 0 Å². The number of amides is 2. The van der Waals surface area contributed by atoms with Gasteiger partial charge in [0, 0.05) is 18.1 Å². The van der Waals surface area contributed by atoms with E-state index in [9.17, 15) is 9.59 Å². The second-order valence-corrected chi connectivity index (χ2v) is 6.03. The maximum Gasteiger partial charge on any atom is 0.271 e. The summed E-state index contributed by atoms with van der Waals surface area (Å²) in [7, 11) is 0. The van der Waals surface area contributed by atoms with E-state index in [0.717, 1.165) is 16.9 Å². The predicted molar refractivity (Wildman–Crippen MR) is 81.0 cm³/mol. The van der Waals surface area contributed by atoms with Crippen LogP contribution >= 0.6 is 0 Å². The van der Waals surface area contributed by atoms with Crippen LogP contribution in [0.25, 0.3) is 0 Å². The van der Waals surface area contributed by atoms with Gasteiger partial charge in [0.25, 0.3) is 5.91 Å². The largest absolute Gasteiger partial charge is 0.464 e. The molecule has 1 fully saturated rings. The third-order valence-corrected chi connectivity index (χ3v) is 4.89. The number of fused-ring (bicyclic) bond motifs is 6. The highest BCUT2D eigenvalue weighted by atomic mass is 16.7. The van der Waals surface area contributed by atoms with E-state index < -0.39 is 11.9 Å². The molecule has 5 rings (SSSR count). The van der Waals surface area contributed by atoms with Crippen LogP contribution in [-0.2, 0) is 19.9 Å². The highest BCUT2D eigenvalue weighted by Gasteiger charge is 2.71. The number of nitrogens with zero attached hydrogens (tertiary/aromatic N) is 1. The van der Waals surface area contributed by atoms with Gasteiger partial charge in [0.05, 0.1) is 11.6 Å². The topological polar surface area (TPSA) is 55.8 Å². The van der Waals surface area contributed by atoms with Gasteiger partial charge in [0.2, 0.25) is 12.2 Å². The molecule has 0 saturated carbocycles. The zero-order valence-corrected chi connectivity index (χ0v) is 12.4. The van der Waals surface area contributed by atoms with Crippen LogP contribution in [0.2, 0.25) is 0 Å². The van der Waals surface area contributed by atoms with Gasteiger partial charge in [0.15, 0.2) is 5.60 Å². The van der Waals surface area contributed by atoms with Gasteiger partial charge in [-0.3, -0.25) is 9.59 Å². The van der Waals surface area contributed by atoms with E-state index in [1.807, 2.05) is 42.5 Å². The molecule has 3 aliphatic heterocycles. The molecule has 1 saturated heterocycles. The number of hydrogen-bond acceptors (Lipinski definition) is 4. The molecular weight excluding hydrogens is 294 g/mol. The average molecular weight is 307 g/mol. The lowest BCUT2D eigenvalue weighted by Crippen LogP contribution is -2.61. The monoisotopic (exact) mass is 307 g/mol. The molecule has 3 heterocycles. The lowest BCUT2D eigenvalue weighted by Gasteiger charge is -2.46. The molecule has 5 heteroatoms. The number of hydrogen-bond donors (Lipinski definition) is 0. The molecule has 2 aromatic rings. The van der Waals surface area contributed by atoms with Crippen LogP contribution in [0.4, 0.5) is 5.69 Å². The first-order valence-electron chi connectivity index (χ1n) is 7.52. The summed E-state index contributed by atoms with van der Waals surface area (Å²) in [6.07, 6.45) is -0.476. The fourth-order valence-corrected chi connectivity index (χ4v) is 3.97. The summed E-state index contributed by atoms with van der Waals surface area (Å²) >= 11 is 0. The van der Waals surface area contributed by atoms with Crippen molar-refractivity contribution in [3.8, 4) is 5.75 Å². The van der Waals surface area contributed by atoms with E-state index in [0.29, 0.717) is 5.69 Å². The third kappa shape index (κ3) is 1.32. The van der Waals surface area contributed by atoms with Crippen molar-refractivity contribution in [1.29, 1.82) is 0 Å². The zero-order chi connectivity index (χ0) is 15.8. The molecule has 3 aliphatic rings. The van der Waals surface area contributed by atoms with Crippen molar-refractivity contribution in [3.05, 3.63) is 59.7 Å². The second kappa shape index (κ2) is 4.00. The zero-order valence-electron chi connectivity index (χ0n) is 12.4. The van der Waals surface area contributed by atoms with Gasteiger partial charge in [0.1, 0.15) is 5.75 Å². The second-order valence-electron chi connectivity index (χ2n) is 6.03. The Balaban J connectivity index is 1.73. The van der Waals surface area contributed by atoms with Crippen LogP contribution in [-0.4, -0.2) is 18.1 Å². The number of carbonyl (C=O) groups is 2. The molecule has 0 aliphatic carbocycles. The fraction of sp³-hybridized carbons (Fsp3) is 0.222. The molecule has 114 valence electrons. The normalized spacial score (nSPS) is 29.6. The summed E-state index contributed by atoms with van der Waals surface area (Å²) in [6, 6.07) is 14.9. The van der Waals surface area contributed by atoms with Crippen LogP contribution in [0.1, 0.15) is 24.0 Å². The molecule has 2 amide bonds. The van der Waals surface area contributed by atoms with Gasteiger partial charge in [-0.05, 0) is 12.1 Å². The van der Waals surface area contributed by atoms with Gasteiger partial charge in [-0.2, -0.15) is 0 Å². The van der Waals surface area contributed by atoms with E-state index in [-0.39, 0.29) is 17.7 Å². The van der Waals surface area contributed by atoms with Crippen molar-refractivity contribution in [2.45, 2.75) is 24.7 Å². The molecule has 23 heavy (non-hydrogen) atoms. The Kier molecular flexibility index (Phi) is 2.23. The Hall–Kier alpha value is -2.66. The fourth-order valence-electron chi connectivity index (χ4n) is 3.97. The Morgan fingerprint density at radius 3 is 2.70 bits per heavy atom. The van der Waals surface area contributed by atoms with Crippen molar-refractivity contribution in [2.75, 3.05) is 4.90 Å². The Morgan fingerprint density at radius 2 is 1.87 bits per heavy atom. The Bertz CT molecular complexity index is 877. The number of para-hydroxylation sites is 2. The highest BCUT2D eigenvalue weighted by molar-refractivity contribution is 6.22. The van der Waals surface area contributed by atoms with Gasteiger partial charge in [-0.1, -0.05) is 36.4 Å². The van der Waals surface area contributed by atoms with Crippen molar-refractivity contribution >= 4 is 17.5 Å². The number of carbonyl (C=O) groups excluding carboxylic acids is 2. The number of anilines is 1. The van der Waals surface area contributed by atoms with Crippen molar-refractivity contribution < 1.29 is 19.1 Å². The number of benzene rings is 2. The lowest BCUT2D eigenvalue weighted by molar-refractivity contribution is -0.276. The van der Waals surface area contributed by atoms with Crippen molar-refractivity contribution in [1.82, 2.24) is 0 Å². The summed E-state index contributed by atoms with van der Waals surface area (Å²) in [5.74, 6) is -0.117. The first kappa shape index (κ1) is 12.8. The minimum Gasteiger partial charge on any atom is -0.464 e. The molecule has 0 aromatic heterocycles. The number of ether oxygens (including phenoxy) is 2. The summed E-state index contributed by atoms with van der Waals surface area (Å²) in [4.78, 5) is 26.3. The molecule has 0 bridgehead atoms. The van der Waals surface area contributed by atoms with Gasteiger partial charge < -0.3 is 9.47 Å². The van der Waals surface area contributed by atoms with Gasteiger partial charge >= 0.3 is 0 Å². The first-order chi connectivity index (χ1) is 11.1. The van der Waals surface area contributed by atoms with E-state index in [1.165, 1.54) is 11.8 Å². The van der Waals surface area contributed by atoms with Crippen LogP contribution in [0.5, 0.6) is 5.75 Å². The van der Waals surface area contributed by atoms with E-state index in [1.54, 1.807) is 6.07 Å². The molecular formula is C18H13NO4. The number of imide groups is 1. The summed E-state index contributed by atoms with van der Waals surface area (Å²) in [6.45, 7) is 1.39. The van der Waals surface area contributed by atoms with Crippen LogP contribution in [0.15, 0.2) is 48.5 Å².